The van der Waals surface area contributed by atoms with E-state index >= 15 is 0 Å². The van der Waals surface area contributed by atoms with Crippen LogP contribution in [-0.2, 0) is 19.2 Å². The highest BCUT2D eigenvalue weighted by Crippen LogP contribution is 2.42. The number of aromatic amines is 1. The molecule has 1 aliphatic heterocycles. The van der Waals surface area contributed by atoms with Gasteiger partial charge in [-0.1, -0.05) is 31.9 Å². The van der Waals surface area contributed by atoms with Gasteiger partial charge in [-0.15, -0.1) is 0 Å². The number of aromatic nitrogens is 1. The number of amides is 1. The van der Waals surface area contributed by atoms with Crippen molar-refractivity contribution in [2.75, 3.05) is 7.11 Å². The molecule has 1 atom stereocenters. The molecular formula is C19H21FN2O5. The Morgan fingerprint density at radius 3 is 2.85 bits per heavy atom. The maximum absolute atomic E-state index is 14.1. The topological polar surface area (TPSA) is 101 Å². The summed E-state index contributed by atoms with van der Waals surface area (Å²) in [6.07, 6.45) is 2.41. The van der Waals surface area contributed by atoms with Crippen molar-refractivity contribution in [3.05, 3.63) is 41.3 Å². The molecule has 0 fully saturated rings. The van der Waals surface area contributed by atoms with Crippen LogP contribution in [0.25, 0.3) is 16.5 Å². The molecule has 1 amide bonds. The summed E-state index contributed by atoms with van der Waals surface area (Å²) in [5.74, 6) is -4.27. The van der Waals surface area contributed by atoms with Crippen LogP contribution in [0.3, 0.4) is 0 Å². The van der Waals surface area contributed by atoms with Gasteiger partial charge in [0.15, 0.2) is 0 Å². The number of fused-ring (bicyclic) bond motifs is 1. The summed E-state index contributed by atoms with van der Waals surface area (Å²) in [6.45, 7) is 2.00. The lowest BCUT2D eigenvalue weighted by Gasteiger charge is -2.24. The number of nitrogens with one attached hydrogen (secondary N) is 2. The molecule has 2 aromatic rings. The van der Waals surface area contributed by atoms with E-state index in [4.69, 9.17) is 4.74 Å². The van der Waals surface area contributed by atoms with Crippen molar-refractivity contribution in [2.24, 2.45) is 0 Å². The molecule has 3 rings (SSSR count). The SMILES string of the molecule is CCCCCC1(O)OC(=O)C(C(=O)NOC)=C1c1cc2cccc(F)c2[nH]1. The largest absolute Gasteiger partial charge is 0.425 e. The maximum Gasteiger partial charge on any atom is 0.347 e. The molecule has 1 aliphatic rings. The number of carbonyl (C=O) groups excluding carboxylic acids is 2. The number of unbranched alkanes of at least 4 members (excludes halogenated alkanes) is 2. The van der Waals surface area contributed by atoms with E-state index in [9.17, 15) is 19.1 Å². The Morgan fingerprint density at radius 1 is 1.41 bits per heavy atom. The van der Waals surface area contributed by atoms with E-state index in [0.717, 1.165) is 12.8 Å². The van der Waals surface area contributed by atoms with E-state index in [1.54, 1.807) is 18.2 Å². The second-order valence-corrected chi connectivity index (χ2v) is 6.40. The molecule has 1 unspecified atom stereocenters. The Bertz CT molecular complexity index is 920. The van der Waals surface area contributed by atoms with Crippen molar-refractivity contribution in [3.63, 3.8) is 0 Å². The van der Waals surface area contributed by atoms with Crippen LogP contribution in [0, 0.1) is 5.82 Å². The highest BCUT2D eigenvalue weighted by atomic mass is 19.1. The standard InChI is InChI=1S/C19H21FN2O5/c1-3-4-5-9-19(25)15(14(18(24)27-19)17(23)22-26-2)13-10-11-7-6-8-12(20)16(11)21-13/h6-8,10,21,25H,3-5,9H2,1-2H3,(H,22,23). The third-order valence-corrected chi connectivity index (χ3v) is 4.52. The molecule has 0 bridgehead atoms. The van der Waals surface area contributed by atoms with Crippen molar-refractivity contribution in [1.82, 2.24) is 10.5 Å². The number of esters is 1. The number of hydrogen-bond acceptors (Lipinski definition) is 5. The number of aliphatic hydroxyl groups is 1. The van der Waals surface area contributed by atoms with Crippen molar-refractivity contribution >= 4 is 28.4 Å². The van der Waals surface area contributed by atoms with Crippen molar-refractivity contribution in [3.8, 4) is 0 Å². The zero-order valence-corrected chi connectivity index (χ0v) is 15.1. The monoisotopic (exact) mass is 376 g/mol. The minimum Gasteiger partial charge on any atom is -0.425 e. The fourth-order valence-electron chi connectivity index (χ4n) is 3.29. The summed E-state index contributed by atoms with van der Waals surface area (Å²) in [7, 11) is 1.23. The Hall–Kier alpha value is -2.71. The summed E-state index contributed by atoms with van der Waals surface area (Å²) in [4.78, 5) is 32.2. The molecule has 0 spiro atoms. The highest BCUT2D eigenvalue weighted by molar-refractivity contribution is 6.24. The number of benzene rings is 1. The fourth-order valence-corrected chi connectivity index (χ4v) is 3.29. The number of halogens is 1. The van der Waals surface area contributed by atoms with Crippen LogP contribution in [-0.4, -0.2) is 34.9 Å². The van der Waals surface area contributed by atoms with Crippen LogP contribution < -0.4 is 5.48 Å². The van der Waals surface area contributed by atoms with E-state index in [1.807, 2.05) is 6.92 Å². The van der Waals surface area contributed by atoms with E-state index < -0.39 is 23.5 Å². The van der Waals surface area contributed by atoms with Crippen LogP contribution in [0.2, 0.25) is 0 Å². The van der Waals surface area contributed by atoms with E-state index in [2.05, 4.69) is 15.3 Å². The molecule has 144 valence electrons. The first kappa shape index (κ1) is 19.1. The molecule has 0 radical (unpaired) electrons. The van der Waals surface area contributed by atoms with Crippen LogP contribution in [0.4, 0.5) is 4.39 Å². The predicted octanol–water partition coefficient (Wildman–Crippen LogP) is 2.56. The van der Waals surface area contributed by atoms with Crippen LogP contribution in [0.15, 0.2) is 29.8 Å². The molecule has 3 N–H and O–H groups in total. The van der Waals surface area contributed by atoms with Gasteiger partial charge in [-0.25, -0.2) is 14.7 Å². The van der Waals surface area contributed by atoms with Gasteiger partial charge in [-0.2, -0.15) is 0 Å². The van der Waals surface area contributed by atoms with Gasteiger partial charge in [0.05, 0.1) is 23.9 Å². The Kier molecular flexibility index (Phi) is 5.29. The highest BCUT2D eigenvalue weighted by Gasteiger charge is 2.49. The Balaban J connectivity index is 2.15. The van der Waals surface area contributed by atoms with Gasteiger partial charge in [0.1, 0.15) is 11.4 Å². The van der Waals surface area contributed by atoms with Gasteiger partial charge in [-0.3, -0.25) is 9.63 Å². The first-order valence-corrected chi connectivity index (χ1v) is 8.72. The molecule has 1 aromatic carbocycles. The Labute approximate surface area is 155 Å². The summed E-state index contributed by atoms with van der Waals surface area (Å²) >= 11 is 0. The number of rotatable bonds is 7. The molecule has 8 heteroatoms. The fraction of sp³-hybridized carbons (Fsp3) is 0.368. The lowest BCUT2D eigenvalue weighted by atomic mass is 9.94. The zero-order valence-electron chi connectivity index (χ0n) is 15.1. The minimum atomic E-state index is -1.98. The van der Waals surface area contributed by atoms with Crippen LogP contribution >= 0.6 is 0 Å². The maximum atomic E-state index is 14.1. The second kappa shape index (κ2) is 7.50. The van der Waals surface area contributed by atoms with Crippen LogP contribution in [0.5, 0.6) is 0 Å². The van der Waals surface area contributed by atoms with Gasteiger partial charge >= 0.3 is 5.97 Å². The zero-order chi connectivity index (χ0) is 19.6. The molecule has 0 aliphatic carbocycles. The molecule has 0 saturated heterocycles. The number of H-pyrrole nitrogens is 1. The van der Waals surface area contributed by atoms with Crippen molar-refractivity contribution in [2.45, 2.75) is 38.4 Å². The average molecular weight is 376 g/mol. The molecule has 7 nitrogen and oxygen atoms in total. The van der Waals surface area contributed by atoms with E-state index in [1.165, 1.54) is 13.2 Å². The average Bonchev–Trinajstić information content (AvgIpc) is 3.14. The number of para-hydroxylation sites is 1. The summed E-state index contributed by atoms with van der Waals surface area (Å²) < 4.78 is 19.3. The number of ether oxygens (including phenoxy) is 1. The smallest absolute Gasteiger partial charge is 0.347 e. The summed E-state index contributed by atoms with van der Waals surface area (Å²) in [5.41, 5.74) is 2.13. The lowest BCUT2D eigenvalue weighted by Crippen LogP contribution is -2.31. The van der Waals surface area contributed by atoms with Crippen molar-refractivity contribution < 1.29 is 28.7 Å². The lowest BCUT2D eigenvalue weighted by molar-refractivity contribution is -0.178. The van der Waals surface area contributed by atoms with Gasteiger partial charge in [0, 0.05) is 11.8 Å². The van der Waals surface area contributed by atoms with Gasteiger partial charge < -0.3 is 14.8 Å². The number of cyclic esters (lactones) is 1. The molecule has 2 heterocycles. The van der Waals surface area contributed by atoms with Gasteiger partial charge in [0.25, 0.3) is 5.91 Å². The first-order valence-electron chi connectivity index (χ1n) is 8.72. The first-order chi connectivity index (χ1) is 12.9. The molecular weight excluding hydrogens is 355 g/mol. The van der Waals surface area contributed by atoms with Crippen molar-refractivity contribution in [1.29, 1.82) is 0 Å². The van der Waals surface area contributed by atoms with E-state index in [0.29, 0.717) is 11.8 Å². The third kappa shape index (κ3) is 3.45. The second-order valence-electron chi connectivity index (χ2n) is 6.40. The van der Waals surface area contributed by atoms with Gasteiger partial charge in [0.2, 0.25) is 5.79 Å². The minimum absolute atomic E-state index is 0.0197. The summed E-state index contributed by atoms with van der Waals surface area (Å²) in [6, 6.07) is 6.09. The predicted molar refractivity (Wildman–Crippen MR) is 95.5 cm³/mol. The van der Waals surface area contributed by atoms with Gasteiger partial charge in [-0.05, 0) is 18.6 Å². The number of hydrogen-bond donors (Lipinski definition) is 3. The third-order valence-electron chi connectivity index (χ3n) is 4.52. The molecule has 0 saturated carbocycles. The number of hydroxylamine groups is 1. The molecule has 27 heavy (non-hydrogen) atoms. The summed E-state index contributed by atoms with van der Waals surface area (Å²) in [5, 5.41) is 11.6. The number of carbonyl (C=O) groups is 2. The normalized spacial score (nSPS) is 19.6. The van der Waals surface area contributed by atoms with Crippen LogP contribution in [0.1, 0.15) is 38.3 Å². The van der Waals surface area contributed by atoms with E-state index in [-0.39, 0.29) is 28.8 Å². The Morgan fingerprint density at radius 2 is 2.19 bits per heavy atom. The molecule has 1 aromatic heterocycles. The quantitative estimate of drug-likeness (QED) is 0.298.